The standard InChI is InChI=1S/C16H24Cl2N2O/c1-12(15-4-3-13(17)11-16(15)18)19-7-2-8-20-9-5-14(21)6-10-20/h3-4,11-12,14,19,21H,2,5-10H2,1H3. The minimum absolute atomic E-state index is 0.0913. The monoisotopic (exact) mass is 330 g/mol. The predicted octanol–water partition coefficient (Wildman–Crippen LogP) is 3.49. The van der Waals surface area contributed by atoms with Gasteiger partial charge in [0.05, 0.1) is 6.10 Å². The first kappa shape index (κ1) is 17.0. The van der Waals surface area contributed by atoms with Crippen molar-refractivity contribution in [3.63, 3.8) is 0 Å². The molecule has 1 aliphatic heterocycles. The smallest absolute Gasteiger partial charge is 0.0564 e. The third kappa shape index (κ3) is 5.42. The topological polar surface area (TPSA) is 35.5 Å². The van der Waals surface area contributed by atoms with Gasteiger partial charge in [-0.1, -0.05) is 29.3 Å². The van der Waals surface area contributed by atoms with Gasteiger partial charge in [-0.2, -0.15) is 0 Å². The van der Waals surface area contributed by atoms with Crippen LogP contribution in [0.2, 0.25) is 10.0 Å². The summed E-state index contributed by atoms with van der Waals surface area (Å²) in [7, 11) is 0. The van der Waals surface area contributed by atoms with E-state index in [-0.39, 0.29) is 12.1 Å². The zero-order valence-corrected chi connectivity index (χ0v) is 14.0. The second-order valence-electron chi connectivity index (χ2n) is 5.77. The number of piperidine rings is 1. The van der Waals surface area contributed by atoms with E-state index >= 15 is 0 Å². The lowest BCUT2D eigenvalue weighted by Gasteiger charge is -2.29. The number of hydrogen-bond donors (Lipinski definition) is 2. The highest BCUT2D eigenvalue weighted by Crippen LogP contribution is 2.25. The first-order valence-corrected chi connectivity index (χ1v) is 8.40. The summed E-state index contributed by atoms with van der Waals surface area (Å²) < 4.78 is 0. The first-order chi connectivity index (χ1) is 10.1. The number of hydrogen-bond acceptors (Lipinski definition) is 3. The second kappa shape index (κ2) is 8.35. The Balaban J connectivity index is 1.68. The zero-order chi connectivity index (χ0) is 15.2. The molecule has 21 heavy (non-hydrogen) atoms. The summed E-state index contributed by atoms with van der Waals surface area (Å²) in [6.07, 6.45) is 2.83. The fourth-order valence-corrected chi connectivity index (χ4v) is 3.30. The van der Waals surface area contributed by atoms with E-state index in [1.54, 1.807) is 6.07 Å². The summed E-state index contributed by atoms with van der Waals surface area (Å²) in [6.45, 7) is 6.19. The van der Waals surface area contributed by atoms with Gasteiger partial charge in [-0.3, -0.25) is 0 Å². The molecular weight excluding hydrogens is 307 g/mol. The maximum atomic E-state index is 9.48. The summed E-state index contributed by atoms with van der Waals surface area (Å²) in [5.74, 6) is 0. The molecule has 0 aliphatic carbocycles. The highest BCUT2D eigenvalue weighted by Gasteiger charge is 2.16. The summed E-state index contributed by atoms with van der Waals surface area (Å²) >= 11 is 12.1. The van der Waals surface area contributed by atoms with Gasteiger partial charge in [0, 0.05) is 29.2 Å². The molecule has 1 fully saturated rings. The molecule has 3 nitrogen and oxygen atoms in total. The van der Waals surface area contributed by atoms with Crippen LogP contribution in [-0.2, 0) is 0 Å². The number of aliphatic hydroxyl groups excluding tert-OH is 1. The number of aliphatic hydroxyl groups is 1. The van der Waals surface area contributed by atoms with E-state index in [0.717, 1.165) is 51.0 Å². The Labute approximate surface area is 137 Å². The molecule has 2 N–H and O–H groups in total. The quantitative estimate of drug-likeness (QED) is 0.784. The van der Waals surface area contributed by atoms with Crippen molar-refractivity contribution in [3.05, 3.63) is 33.8 Å². The van der Waals surface area contributed by atoms with Crippen molar-refractivity contribution in [2.75, 3.05) is 26.2 Å². The van der Waals surface area contributed by atoms with Crippen molar-refractivity contribution < 1.29 is 5.11 Å². The van der Waals surface area contributed by atoms with Gasteiger partial charge in [0.25, 0.3) is 0 Å². The van der Waals surface area contributed by atoms with E-state index in [9.17, 15) is 5.11 Å². The Morgan fingerprint density at radius 3 is 2.71 bits per heavy atom. The van der Waals surface area contributed by atoms with Gasteiger partial charge in [0.15, 0.2) is 0 Å². The number of likely N-dealkylation sites (tertiary alicyclic amines) is 1. The molecule has 0 aromatic heterocycles. The van der Waals surface area contributed by atoms with Crippen molar-refractivity contribution in [1.82, 2.24) is 10.2 Å². The minimum atomic E-state index is -0.0913. The van der Waals surface area contributed by atoms with Crippen molar-refractivity contribution in [2.45, 2.75) is 38.3 Å². The van der Waals surface area contributed by atoms with E-state index in [1.165, 1.54) is 0 Å². The number of halogens is 2. The largest absolute Gasteiger partial charge is 0.393 e. The Morgan fingerprint density at radius 2 is 2.05 bits per heavy atom. The summed E-state index contributed by atoms with van der Waals surface area (Å²) in [5, 5.41) is 14.4. The fourth-order valence-electron chi connectivity index (χ4n) is 2.73. The molecule has 1 atom stereocenters. The molecule has 1 unspecified atom stereocenters. The van der Waals surface area contributed by atoms with Crippen molar-refractivity contribution in [3.8, 4) is 0 Å². The normalized spacial score (nSPS) is 18.9. The number of nitrogens with one attached hydrogen (secondary N) is 1. The van der Waals surface area contributed by atoms with Crippen LogP contribution in [0.1, 0.15) is 37.8 Å². The Kier molecular flexibility index (Phi) is 6.77. The molecule has 1 saturated heterocycles. The molecule has 1 aromatic rings. The minimum Gasteiger partial charge on any atom is -0.393 e. The van der Waals surface area contributed by atoms with Gasteiger partial charge in [0.2, 0.25) is 0 Å². The van der Waals surface area contributed by atoms with Gasteiger partial charge < -0.3 is 15.3 Å². The first-order valence-electron chi connectivity index (χ1n) is 7.65. The second-order valence-corrected chi connectivity index (χ2v) is 6.61. The molecule has 0 spiro atoms. The third-order valence-electron chi connectivity index (χ3n) is 4.09. The van der Waals surface area contributed by atoms with E-state index in [2.05, 4.69) is 17.1 Å². The van der Waals surface area contributed by atoms with E-state index < -0.39 is 0 Å². The van der Waals surface area contributed by atoms with Crippen LogP contribution in [-0.4, -0.2) is 42.3 Å². The SMILES string of the molecule is CC(NCCCN1CCC(O)CC1)c1ccc(Cl)cc1Cl. The number of nitrogens with zero attached hydrogens (tertiary/aromatic N) is 1. The van der Waals surface area contributed by atoms with E-state index in [1.807, 2.05) is 12.1 Å². The fraction of sp³-hybridized carbons (Fsp3) is 0.625. The Hall–Kier alpha value is -0.320. The Bertz CT molecular complexity index is 448. The van der Waals surface area contributed by atoms with Gasteiger partial charge >= 0.3 is 0 Å². The molecular formula is C16H24Cl2N2O. The molecule has 2 rings (SSSR count). The number of rotatable bonds is 6. The molecule has 118 valence electrons. The molecule has 0 saturated carbocycles. The third-order valence-corrected chi connectivity index (χ3v) is 4.65. The molecule has 0 bridgehead atoms. The Morgan fingerprint density at radius 1 is 1.33 bits per heavy atom. The highest BCUT2D eigenvalue weighted by atomic mass is 35.5. The van der Waals surface area contributed by atoms with Crippen LogP contribution >= 0.6 is 23.2 Å². The van der Waals surface area contributed by atoms with Gasteiger partial charge in [-0.05, 0) is 57.0 Å². The van der Waals surface area contributed by atoms with Gasteiger partial charge in [-0.15, -0.1) is 0 Å². The van der Waals surface area contributed by atoms with Crippen LogP contribution in [0.3, 0.4) is 0 Å². The lowest BCUT2D eigenvalue weighted by molar-refractivity contribution is 0.0820. The van der Waals surface area contributed by atoms with Gasteiger partial charge in [0.1, 0.15) is 0 Å². The predicted molar refractivity (Wildman–Crippen MR) is 89.2 cm³/mol. The van der Waals surface area contributed by atoms with Crippen molar-refractivity contribution >= 4 is 23.2 Å². The van der Waals surface area contributed by atoms with Crippen molar-refractivity contribution in [2.24, 2.45) is 0 Å². The summed E-state index contributed by atoms with van der Waals surface area (Å²) in [4.78, 5) is 2.42. The number of benzene rings is 1. The zero-order valence-electron chi connectivity index (χ0n) is 12.5. The average Bonchev–Trinajstić information content (AvgIpc) is 2.45. The molecule has 1 aliphatic rings. The van der Waals surface area contributed by atoms with Crippen LogP contribution in [0.4, 0.5) is 0 Å². The highest BCUT2D eigenvalue weighted by molar-refractivity contribution is 6.35. The van der Waals surface area contributed by atoms with Crippen LogP contribution in [0.15, 0.2) is 18.2 Å². The maximum absolute atomic E-state index is 9.48. The summed E-state index contributed by atoms with van der Waals surface area (Å²) in [6, 6.07) is 5.86. The van der Waals surface area contributed by atoms with Crippen LogP contribution < -0.4 is 5.32 Å². The molecule has 1 heterocycles. The average molecular weight is 331 g/mol. The van der Waals surface area contributed by atoms with Crippen LogP contribution in [0.5, 0.6) is 0 Å². The van der Waals surface area contributed by atoms with Crippen LogP contribution in [0.25, 0.3) is 0 Å². The van der Waals surface area contributed by atoms with Gasteiger partial charge in [-0.25, -0.2) is 0 Å². The molecule has 1 aromatic carbocycles. The molecule has 0 radical (unpaired) electrons. The lowest BCUT2D eigenvalue weighted by atomic mass is 10.1. The maximum Gasteiger partial charge on any atom is 0.0564 e. The van der Waals surface area contributed by atoms with E-state index in [4.69, 9.17) is 23.2 Å². The lowest BCUT2D eigenvalue weighted by Crippen LogP contribution is -2.37. The van der Waals surface area contributed by atoms with Crippen LogP contribution in [0, 0.1) is 0 Å². The molecule has 0 amide bonds. The summed E-state index contributed by atoms with van der Waals surface area (Å²) in [5.41, 5.74) is 1.09. The van der Waals surface area contributed by atoms with Crippen molar-refractivity contribution in [1.29, 1.82) is 0 Å². The molecule has 5 heteroatoms. The van der Waals surface area contributed by atoms with E-state index in [0.29, 0.717) is 10.0 Å².